The third kappa shape index (κ3) is 3.49. The molecule has 7 nitrogen and oxygen atoms in total. The molecule has 5 saturated carbocycles. The monoisotopic (exact) mass is 491 g/mol. The predicted molar refractivity (Wildman–Crippen MR) is 124 cm³/mol. The summed E-state index contributed by atoms with van der Waals surface area (Å²) in [5, 5.41) is 3.23. The fourth-order valence-corrected chi connectivity index (χ4v) is 9.36. The first-order valence-corrected chi connectivity index (χ1v) is 13.8. The number of aryl methyl sites for hydroxylation is 1. The summed E-state index contributed by atoms with van der Waals surface area (Å²) in [4.78, 5) is 25.8. The minimum atomic E-state index is -4.09. The Labute approximate surface area is 200 Å². The van der Waals surface area contributed by atoms with Crippen LogP contribution in [0.5, 0.6) is 0 Å². The molecule has 0 radical (unpaired) electrons. The van der Waals surface area contributed by atoms with Gasteiger partial charge in [0.05, 0.1) is 4.90 Å². The lowest BCUT2D eigenvalue weighted by Crippen LogP contribution is -2.64. The van der Waals surface area contributed by atoms with E-state index in [1.165, 1.54) is 16.4 Å². The maximum atomic E-state index is 14.2. The summed E-state index contributed by atoms with van der Waals surface area (Å²) in [5.74, 6) is -0.239. The Hall–Kier alpha value is -2.00. The summed E-state index contributed by atoms with van der Waals surface area (Å²) in [6, 6.07) is 3.35. The van der Waals surface area contributed by atoms with Crippen molar-refractivity contribution in [3.05, 3.63) is 29.6 Å². The minimum Gasteiger partial charge on any atom is -0.369 e. The van der Waals surface area contributed by atoms with E-state index in [0.29, 0.717) is 37.2 Å². The van der Waals surface area contributed by atoms with Gasteiger partial charge in [0.1, 0.15) is 11.4 Å². The predicted octanol–water partition coefficient (Wildman–Crippen LogP) is 2.86. The first-order valence-electron chi connectivity index (χ1n) is 12.3. The number of sulfonamides is 1. The van der Waals surface area contributed by atoms with Crippen molar-refractivity contribution >= 4 is 21.8 Å². The van der Waals surface area contributed by atoms with Gasteiger partial charge in [0.25, 0.3) is 0 Å². The van der Waals surface area contributed by atoms with Crippen LogP contribution in [0, 0.1) is 35.9 Å². The van der Waals surface area contributed by atoms with E-state index >= 15 is 0 Å². The van der Waals surface area contributed by atoms with Crippen LogP contribution in [0.2, 0.25) is 0 Å². The van der Waals surface area contributed by atoms with Gasteiger partial charge in [-0.3, -0.25) is 9.59 Å². The van der Waals surface area contributed by atoms with Gasteiger partial charge in [-0.05, 0) is 101 Å². The number of halogens is 1. The molecule has 5 fully saturated rings. The first kappa shape index (κ1) is 23.7. The smallest absolute Gasteiger partial charge is 0.244 e. The molecule has 5 aliphatic rings. The molecule has 6 rings (SSSR count). The van der Waals surface area contributed by atoms with Gasteiger partial charge in [0, 0.05) is 17.5 Å². The Bertz CT molecular complexity index is 1130. The highest BCUT2D eigenvalue weighted by atomic mass is 32.2. The maximum absolute atomic E-state index is 14.2. The number of carbonyl (C=O) groups excluding carboxylic acids is 2. The van der Waals surface area contributed by atoms with Crippen molar-refractivity contribution in [3.8, 4) is 0 Å². The molecule has 0 heterocycles. The van der Waals surface area contributed by atoms with Crippen LogP contribution in [-0.4, -0.2) is 42.2 Å². The van der Waals surface area contributed by atoms with Crippen LogP contribution in [-0.2, 0) is 19.6 Å². The average molecular weight is 492 g/mol. The summed E-state index contributed by atoms with van der Waals surface area (Å²) in [5.41, 5.74) is 4.54. The maximum Gasteiger partial charge on any atom is 0.244 e. The van der Waals surface area contributed by atoms with E-state index in [0.717, 1.165) is 25.3 Å². The van der Waals surface area contributed by atoms with Gasteiger partial charge < -0.3 is 11.1 Å². The van der Waals surface area contributed by atoms with Crippen molar-refractivity contribution in [2.24, 2.45) is 28.9 Å². The highest BCUT2D eigenvalue weighted by molar-refractivity contribution is 7.89. The van der Waals surface area contributed by atoms with E-state index in [9.17, 15) is 22.4 Å². The van der Waals surface area contributed by atoms with Crippen LogP contribution in [0.1, 0.15) is 64.4 Å². The van der Waals surface area contributed by atoms with Crippen molar-refractivity contribution in [2.45, 2.75) is 88.2 Å². The molecule has 2 amide bonds. The molecular weight excluding hydrogens is 457 g/mol. The molecular formula is C25H34FN3O4S. The molecule has 186 valence electrons. The Morgan fingerprint density at radius 2 is 1.76 bits per heavy atom. The summed E-state index contributed by atoms with van der Waals surface area (Å²) >= 11 is 0. The Balaban J connectivity index is 1.40. The largest absolute Gasteiger partial charge is 0.369 e. The second-order valence-corrected chi connectivity index (χ2v) is 13.3. The summed E-state index contributed by atoms with van der Waals surface area (Å²) in [6.07, 6.45) is 5.05. The minimum absolute atomic E-state index is 0.0671. The van der Waals surface area contributed by atoms with Crippen molar-refractivity contribution < 1.29 is 22.4 Å². The second-order valence-electron chi connectivity index (χ2n) is 11.5. The van der Waals surface area contributed by atoms with E-state index in [-0.39, 0.29) is 34.6 Å². The molecule has 2 unspecified atom stereocenters. The third-order valence-electron chi connectivity index (χ3n) is 8.83. The number of nitrogens with two attached hydrogens (primary N) is 1. The van der Waals surface area contributed by atoms with Gasteiger partial charge in [-0.1, -0.05) is 6.07 Å². The standard InChI is InChI=1S/C25H34FN3O4S/c1-14(2)29(34(32,33)19-5-4-15(3)20(26)10-19)25(6-7-25)23(31)28-21-17-8-16-9-18(21)13-24(11-16,12-17)22(27)30/h4-5,10,14,16-18,21H,6-9,11-13H2,1-3H3,(H2,27,30)(H,28,31). The number of amides is 2. The number of primary amides is 1. The molecule has 5 aliphatic carbocycles. The molecule has 0 spiro atoms. The molecule has 9 heteroatoms. The number of rotatable bonds is 7. The number of hydrogen-bond acceptors (Lipinski definition) is 4. The van der Waals surface area contributed by atoms with E-state index in [4.69, 9.17) is 5.73 Å². The van der Waals surface area contributed by atoms with Crippen LogP contribution >= 0.6 is 0 Å². The van der Waals surface area contributed by atoms with Crippen LogP contribution in [0.3, 0.4) is 0 Å². The van der Waals surface area contributed by atoms with Crippen LogP contribution in [0.15, 0.2) is 23.1 Å². The quantitative estimate of drug-likeness (QED) is 0.611. The molecule has 34 heavy (non-hydrogen) atoms. The van der Waals surface area contributed by atoms with Crippen molar-refractivity contribution in [1.82, 2.24) is 9.62 Å². The molecule has 1 aromatic rings. The van der Waals surface area contributed by atoms with Crippen LogP contribution in [0.4, 0.5) is 4.39 Å². The van der Waals surface area contributed by atoms with Gasteiger partial charge in [0.2, 0.25) is 21.8 Å². The first-order chi connectivity index (χ1) is 15.9. The summed E-state index contributed by atoms with van der Waals surface area (Å²) < 4.78 is 42.7. The number of hydrogen-bond donors (Lipinski definition) is 2. The molecule has 2 atom stereocenters. The van der Waals surface area contributed by atoms with E-state index in [1.54, 1.807) is 20.8 Å². The van der Waals surface area contributed by atoms with Gasteiger partial charge in [-0.15, -0.1) is 0 Å². The Morgan fingerprint density at radius 3 is 2.26 bits per heavy atom. The fraction of sp³-hybridized carbons (Fsp3) is 0.680. The van der Waals surface area contributed by atoms with Crippen molar-refractivity contribution in [2.75, 3.05) is 0 Å². The highest BCUT2D eigenvalue weighted by Crippen LogP contribution is 2.60. The topological polar surface area (TPSA) is 110 Å². The number of nitrogens with one attached hydrogen (secondary N) is 1. The van der Waals surface area contributed by atoms with E-state index < -0.39 is 32.8 Å². The average Bonchev–Trinajstić information content (AvgIpc) is 3.52. The SMILES string of the molecule is Cc1ccc(S(=O)(=O)N(C(C)C)C2(C(=O)NC3C4CC5CC3CC(C(N)=O)(C5)C4)CC2)cc1F. The third-order valence-corrected chi connectivity index (χ3v) is 11.0. The lowest BCUT2D eigenvalue weighted by Gasteiger charge is -2.59. The molecule has 0 saturated heterocycles. The van der Waals surface area contributed by atoms with Crippen LogP contribution in [0.25, 0.3) is 0 Å². The molecule has 0 aliphatic heterocycles. The highest BCUT2D eigenvalue weighted by Gasteiger charge is 2.62. The Kier molecular flexibility index (Phi) is 5.41. The second kappa shape index (κ2) is 7.75. The molecule has 3 N–H and O–H groups in total. The van der Waals surface area contributed by atoms with Gasteiger partial charge in [0.15, 0.2) is 0 Å². The summed E-state index contributed by atoms with van der Waals surface area (Å²) in [7, 11) is -4.09. The van der Waals surface area contributed by atoms with Crippen molar-refractivity contribution in [3.63, 3.8) is 0 Å². The zero-order valence-electron chi connectivity index (χ0n) is 20.0. The number of nitrogens with zero attached hydrogens (tertiary/aromatic N) is 1. The summed E-state index contributed by atoms with van der Waals surface area (Å²) in [6.45, 7) is 5.07. The van der Waals surface area contributed by atoms with Gasteiger partial charge in [-0.25, -0.2) is 12.8 Å². The van der Waals surface area contributed by atoms with E-state index in [1.807, 2.05) is 0 Å². The van der Waals surface area contributed by atoms with Gasteiger partial charge in [-0.2, -0.15) is 4.31 Å². The molecule has 4 bridgehead atoms. The van der Waals surface area contributed by atoms with Crippen molar-refractivity contribution in [1.29, 1.82) is 0 Å². The lowest BCUT2D eigenvalue weighted by atomic mass is 9.47. The molecule has 0 aromatic heterocycles. The molecule has 1 aromatic carbocycles. The Morgan fingerprint density at radius 1 is 1.15 bits per heavy atom. The van der Waals surface area contributed by atoms with E-state index in [2.05, 4.69) is 5.32 Å². The fourth-order valence-electron chi connectivity index (χ4n) is 7.36. The lowest BCUT2D eigenvalue weighted by molar-refractivity contribution is -0.148. The number of benzene rings is 1. The zero-order chi connectivity index (χ0) is 24.6. The zero-order valence-corrected chi connectivity index (χ0v) is 20.8. The number of carbonyl (C=O) groups is 2. The normalized spacial score (nSPS) is 33.4. The van der Waals surface area contributed by atoms with Gasteiger partial charge >= 0.3 is 0 Å². The van der Waals surface area contributed by atoms with Crippen LogP contribution < -0.4 is 11.1 Å².